The Hall–Kier alpha value is -1.50. The lowest BCUT2D eigenvalue weighted by Gasteiger charge is -2.23. The fraction of sp³-hybridized carbons (Fsp3) is 0.750. The number of hydrogen-bond donors (Lipinski definition) is 0. The average Bonchev–Trinajstić information content (AvgIpc) is 3.01. The molecule has 23 heavy (non-hydrogen) atoms. The Balaban J connectivity index is 1.45. The van der Waals surface area contributed by atoms with E-state index in [9.17, 15) is 0 Å². The van der Waals surface area contributed by atoms with Gasteiger partial charge in [0.1, 0.15) is 11.6 Å². The summed E-state index contributed by atoms with van der Waals surface area (Å²) in [5.74, 6) is 4.03. The summed E-state index contributed by atoms with van der Waals surface area (Å²) in [4.78, 5) is 7.24. The molecule has 2 aromatic heterocycles. The quantitative estimate of drug-likeness (QED) is 0.865. The van der Waals surface area contributed by atoms with E-state index in [1.165, 1.54) is 44.3 Å². The molecule has 3 aliphatic rings. The van der Waals surface area contributed by atoms with Crippen LogP contribution in [0.4, 0.5) is 5.13 Å². The third-order valence-electron chi connectivity index (χ3n) is 5.31. The predicted octanol–water partition coefficient (Wildman–Crippen LogP) is 3.07. The molecule has 2 aliphatic heterocycles. The summed E-state index contributed by atoms with van der Waals surface area (Å²) in [6, 6.07) is 0.328. The first-order valence-electron chi connectivity index (χ1n) is 8.92. The van der Waals surface area contributed by atoms with E-state index in [2.05, 4.69) is 24.0 Å². The van der Waals surface area contributed by atoms with Crippen LogP contribution in [0, 0.1) is 0 Å². The number of anilines is 1. The number of aromatic nitrogens is 5. The van der Waals surface area contributed by atoms with Crippen LogP contribution in [0.15, 0.2) is 0 Å². The van der Waals surface area contributed by atoms with Gasteiger partial charge in [-0.2, -0.15) is 4.37 Å². The minimum absolute atomic E-state index is 0.328. The molecule has 0 unspecified atom stereocenters. The van der Waals surface area contributed by atoms with Crippen molar-refractivity contribution in [2.45, 2.75) is 69.9 Å². The van der Waals surface area contributed by atoms with Crippen molar-refractivity contribution in [3.63, 3.8) is 0 Å². The minimum Gasteiger partial charge on any atom is -0.337 e. The molecule has 4 heterocycles. The topological polar surface area (TPSA) is 59.7 Å². The molecule has 0 bridgehead atoms. The number of fused-ring (bicyclic) bond motifs is 1. The van der Waals surface area contributed by atoms with Crippen molar-refractivity contribution >= 4 is 16.7 Å². The fourth-order valence-electron chi connectivity index (χ4n) is 3.87. The lowest BCUT2D eigenvalue weighted by molar-refractivity contribution is 0.559. The van der Waals surface area contributed by atoms with Crippen LogP contribution in [0.3, 0.4) is 0 Å². The van der Waals surface area contributed by atoms with Crippen molar-refractivity contribution in [1.82, 2.24) is 24.1 Å². The number of nitrogens with zero attached hydrogens (tertiary/aromatic N) is 6. The van der Waals surface area contributed by atoms with Gasteiger partial charge in [0, 0.05) is 37.0 Å². The van der Waals surface area contributed by atoms with Crippen LogP contribution in [-0.4, -0.2) is 30.7 Å². The third kappa shape index (κ3) is 2.45. The van der Waals surface area contributed by atoms with Gasteiger partial charge in [-0.3, -0.25) is 0 Å². The van der Waals surface area contributed by atoms with Crippen LogP contribution in [0.5, 0.6) is 0 Å². The van der Waals surface area contributed by atoms with E-state index in [0.29, 0.717) is 12.0 Å². The standard InChI is InChI=1S/C16H22N6S/c1-2-6-13-18-19-15(22(13)9-3-1)12-5-4-10-21(12)16-17-14(20-23-16)11-7-8-11/h11-12H,1-10H2/t12-/m1/s1. The molecule has 0 aromatic carbocycles. The summed E-state index contributed by atoms with van der Waals surface area (Å²) in [6.07, 6.45) is 9.74. The highest BCUT2D eigenvalue weighted by Crippen LogP contribution is 2.42. The second kappa shape index (κ2) is 5.54. The van der Waals surface area contributed by atoms with Crippen LogP contribution >= 0.6 is 11.5 Å². The molecule has 1 aliphatic carbocycles. The summed E-state index contributed by atoms with van der Waals surface area (Å²) in [7, 11) is 0. The van der Waals surface area contributed by atoms with E-state index in [-0.39, 0.29) is 0 Å². The van der Waals surface area contributed by atoms with Crippen molar-refractivity contribution < 1.29 is 0 Å². The summed E-state index contributed by atoms with van der Waals surface area (Å²) in [5, 5.41) is 10.1. The van der Waals surface area contributed by atoms with Gasteiger partial charge in [-0.1, -0.05) is 6.42 Å². The van der Waals surface area contributed by atoms with Gasteiger partial charge in [0.25, 0.3) is 0 Å². The Morgan fingerprint density at radius 2 is 1.91 bits per heavy atom. The van der Waals surface area contributed by atoms with Crippen molar-refractivity contribution in [3.8, 4) is 0 Å². The molecule has 0 N–H and O–H groups in total. The Labute approximate surface area is 140 Å². The highest BCUT2D eigenvalue weighted by atomic mass is 32.1. The fourth-order valence-corrected chi connectivity index (χ4v) is 4.69. The van der Waals surface area contributed by atoms with Gasteiger partial charge >= 0.3 is 0 Å². The molecule has 5 rings (SSSR count). The molecule has 1 saturated carbocycles. The first-order chi connectivity index (χ1) is 11.4. The Morgan fingerprint density at radius 1 is 0.957 bits per heavy atom. The molecule has 0 radical (unpaired) electrons. The zero-order chi connectivity index (χ0) is 15.2. The highest BCUT2D eigenvalue weighted by molar-refractivity contribution is 7.09. The maximum absolute atomic E-state index is 4.82. The summed E-state index contributed by atoms with van der Waals surface area (Å²) in [5.41, 5.74) is 0. The van der Waals surface area contributed by atoms with Gasteiger partial charge in [0.2, 0.25) is 5.13 Å². The molecule has 1 saturated heterocycles. The van der Waals surface area contributed by atoms with E-state index in [0.717, 1.165) is 42.7 Å². The smallest absolute Gasteiger partial charge is 0.205 e. The lowest BCUT2D eigenvalue weighted by Crippen LogP contribution is -2.25. The summed E-state index contributed by atoms with van der Waals surface area (Å²) in [6.45, 7) is 2.14. The molecule has 0 amide bonds. The predicted molar refractivity (Wildman–Crippen MR) is 88.8 cm³/mol. The zero-order valence-electron chi connectivity index (χ0n) is 13.3. The van der Waals surface area contributed by atoms with Gasteiger partial charge in [0.05, 0.1) is 6.04 Å². The molecular weight excluding hydrogens is 308 g/mol. The Bertz CT molecular complexity index is 703. The second-order valence-electron chi connectivity index (χ2n) is 7.00. The number of aryl methyl sites for hydroxylation is 1. The van der Waals surface area contributed by atoms with Crippen LogP contribution in [-0.2, 0) is 13.0 Å². The molecule has 0 spiro atoms. The van der Waals surface area contributed by atoms with E-state index in [4.69, 9.17) is 4.98 Å². The molecule has 2 fully saturated rings. The molecular formula is C16H22N6S. The molecule has 7 heteroatoms. The zero-order valence-corrected chi connectivity index (χ0v) is 14.1. The lowest BCUT2D eigenvalue weighted by atomic mass is 10.2. The van der Waals surface area contributed by atoms with Crippen molar-refractivity contribution in [1.29, 1.82) is 0 Å². The van der Waals surface area contributed by atoms with Gasteiger partial charge in [-0.15, -0.1) is 10.2 Å². The number of rotatable bonds is 3. The van der Waals surface area contributed by atoms with Crippen LogP contribution in [0.25, 0.3) is 0 Å². The van der Waals surface area contributed by atoms with Crippen molar-refractivity contribution in [2.24, 2.45) is 0 Å². The summed E-state index contributed by atoms with van der Waals surface area (Å²) < 4.78 is 6.97. The molecule has 1 atom stereocenters. The average molecular weight is 330 g/mol. The molecule has 122 valence electrons. The highest BCUT2D eigenvalue weighted by Gasteiger charge is 2.35. The van der Waals surface area contributed by atoms with Crippen LogP contribution in [0.2, 0.25) is 0 Å². The van der Waals surface area contributed by atoms with Crippen molar-refractivity contribution in [2.75, 3.05) is 11.4 Å². The maximum Gasteiger partial charge on any atom is 0.205 e. The normalized spacial score (nSPS) is 24.7. The number of hydrogen-bond acceptors (Lipinski definition) is 6. The Kier molecular flexibility index (Phi) is 3.35. The molecule has 6 nitrogen and oxygen atoms in total. The largest absolute Gasteiger partial charge is 0.337 e. The van der Waals surface area contributed by atoms with Gasteiger partial charge < -0.3 is 9.47 Å². The van der Waals surface area contributed by atoms with E-state index in [1.54, 1.807) is 11.5 Å². The van der Waals surface area contributed by atoms with Gasteiger partial charge in [-0.25, -0.2) is 4.98 Å². The first-order valence-corrected chi connectivity index (χ1v) is 9.70. The van der Waals surface area contributed by atoms with E-state index in [1.807, 2.05) is 0 Å². The first kappa shape index (κ1) is 13.9. The summed E-state index contributed by atoms with van der Waals surface area (Å²) >= 11 is 1.57. The monoisotopic (exact) mass is 330 g/mol. The van der Waals surface area contributed by atoms with E-state index >= 15 is 0 Å². The van der Waals surface area contributed by atoms with Crippen molar-refractivity contribution in [3.05, 3.63) is 17.5 Å². The van der Waals surface area contributed by atoms with Crippen LogP contribution in [0.1, 0.15) is 74.4 Å². The molecule has 2 aromatic rings. The van der Waals surface area contributed by atoms with Gasteiger partial charge in [0.15, 0.2) is 5.82 Å². The minimum atomic E-state index is 0.328. The second-order valence-corrected chi connectivity index (χ2v) is 7.73. The van der Waals surface area contributed by atoms with Gasteiger partial charge in [-0.05, 0) is 38.5 Å². The SMILES string of the molecule is C1CCc2nnc([C@H]3CCCN3c3nc(C4CC4)ns3)n2CC1. The van der Waals surface area contributed by atoms with E-state index < -0.39 is 0 Å². The third-order valence-corrected chi connectivity index (χ3v) is 6.08. The maximum atomic E-state index is 4.82. The Morgan fingerprint density at radius 3 is 2.83 bits per heavy atom. The van der Waals surface area contributed by atoms with Crippen LogP contribution < -0.4 is 4.90 Å².